The van der Waals surface area contributed by atoms with E-state index in [4.69, 9.17) is 46.4 Å². The number of allylic oxidation sites excluding steroid dienone is 1. The lowest BCUT2D eigenvalue weighted by Gasteiger charge is -2.19. The number of carbonyl (C=O) groups excluding carboxylic acids is 1. The quantitative estimate of drug-likeness (QED) is 0.114. The Morgan fingerprint density at radius 1 is 0.921 bits per heavy atom. The third kappa shape index (κ3) is 7.40. The summed E-state index contributed by atoms with van der Waals surface area (Å²) in [5.74, 6) is -5.12. The summed E-state index contributed by atoms with van der Waals surface area (Å²) in [6.45, 7) is 0. The number of halogens is 11. The van der Waals surface area contributed by atoms with Gasteiger partial charge in [-0.15, -0.1) is 0 Å². The fourth-order valence-electron chi connectivity index (χ4n) is 3.49. The van der Waals surface area contributed by atoms with E-state index in [1.165, 1.54) is 12.3 Å². The van der Waals surface area contributed by atoms with Gasteiger partial charge >= 0.3 is 12.4 Å². The van der Waals surface area contributed by atoms with Crippen molar-refractivity contribution in [1.82, 2.24) is 4.98 Å². The minimum Gasteiger partial charge on any atom is -0.294 e. The predicted molar refractivity (Wildman–Crippen MR) is 133 cm³/mol. The molecule has 38 heavy (non-hydrogen) atoms. The van der Waals surface area contributed by atoms with E-state index in [-0.39, 0.29) is 45.2 Å². The van der Waals surface area contributed by atoms with Crippen LogP contribution in [0.2, 0.25) is 20.2 Å². The number of ketones is 1. The lowest BCUT2D eigenvalue weighted by Crippen LogP contribution is -2.19. The summed E-state index contributed by atoms with van der Waals surface area (Å²) < 4.78 is 97.6. The summed E-state index contributed by atoms with van der Waals surface area (Å²) in [5, 5.41) is -0.673. The summed E-state index contributed by atoms with van der Waals surface area (Å²) in [6, 6.07) is 6.48. The van der Waals surface area contributed by atoms with Crippen LogP contribution in [-0.4, -0.2) is 16.9 Å². The number of hydrogen-bond donors (Lipinski definition) is 0. The number of hydrogen-bond acceptors (Lipinski definition) is 2. The Kier molecular flexibility index (Phi) is 9.40. The maximum Gasteiger partial charge on any atom is 0.417 e. The molecule has 2 nitrogen and oxygen atoms in total. The topological polar surface area (TPSA) is 30.0 Å². The van der Waals surface area contributed by atoms with E-state index in [9.17, 15) is 35.5 Å². The second kappa shape index (κ2) is 11.8. The van der Waals surface area contributed by atoms with E-state index >= 15 is 0 Å². The molecule has 0 bridgehead atoms. The van der Waals surface area contributed by atoms with Crippen LogP contribution >= 0.6 is 46.4 Å². The highest BCUT2D eigenvalue weighted by Crippen LogP contribution is 2.43. The van der Waals surface area contributed by atoms with Crippen molar-refractivity contribution in [2.45, 2.75) is 31.1 Å². The van der Waals surface area contributed by atoms with Gasteiger partial charge in [0.2, 0.25) is 0 Å². The van der Waals surface area contributed by atoms with Crippen molar-refractivity contribution >= 4 is 58.0 Å². The van der Waals surface area contributed by atoms with E-state index in [0.717, 1.165) is 24.3 Å². The number of benzene rings is 2. The van der Waals surface area contributed by atoms with Gasteiger partial charge in [0.1, 0.15) is 16.9 Å². The van der Waals surface area contributed by atoms with Gasteiger partial charge in [0.15, 0.2) is 5.78 Å². The molecule has 0 aliphatic rings. The summed E-state index contributed by atoms with van der Waals surface area (Å²) in [6.07, 6.45) is -8.98. The first-order chi connectivity index (χ1) is 17.6. The standard InChI is InChI=1S/C25H14Cl4F7NO/c26-18-8-14(9-19(27)23(18)29)16(24(31,32)33)10-20(30)13-3-4-15(17(7-13)25(34,35)36)21(38)5-1-12-2-6-22(28)37-11-12/h2-4,6-11,16H,1,5H2/b20-10-. The predicted octanol–water partition coefficient (Wildman–Crippen LogP) is 10.2. The second-order valence-corrected chi connectivity index (χ2v) is 9.58. The van der Waals surface area contributed by atoms with Crippen molar-refractivity contribution in [1.29, 1.82) is 0 Å². The molecule has 2 aromatic carbocycles. The normalized spacial score (nSPS) is 13.5. The molecule has 1 unspecified atom stereocenters. The lowest BCUT2D eigenvalue weighted by atomic mass is 9.94. The van der Waals surface area contributed by atoms with Crippen LogP contribution in [-0.2, 0) is 12.6 Å². The molecule has 0 saturated carbocycles. The largest absolute Gasteiger partial charge is 0.417 e. The average molecular weight is 619 g/mol. The Labute approximate surface area is 232 Å². The molecule has 202 valence electrons. The molecule has 3 aromatic rings. The van der Waals surface area contributed by atoms with Gasteiger partial charge in [-0.05, 0) is 47.9 Å². The third-order valence-electron chi connectivity index (χ3n) is 5.36. The number of aryl methyl sites for hydroxylation is 1. The van der Waals surface area contributed by atoms with Crippen LogP contribution in [0.5, 0.6) is 0 Å². The Morgan fingerprint density at radius 3 is 2.08 bits per heavy atom. The Bertz CT molecular complexity index is 1350. The SMILES string of the molecule is O=C(CCc1ccc(Cl)nc1)c1ccc(/C(F)=C/C(c2cc(Cl)c(Cl)c(Cl)c2)C(F)(F)F)cc1C(F)(F)F. The first-order valence-corrected chi connectivity index (χ1v) is 12.0. The van der Waals surface area contributed by atoms with Crippen LogP contribution in [0.25, 0.3) is 5.83 Å². The van der Waals surface area contributed by atoms with Crippen molar-refractivity contribution in [3.05, 3.63) is 103 Å². The van der Waals surface area contributed by atoms with Crippen LogP contribution in [0.15, 0.2) is 54.7 Å². The molecule has 0 saturated heterocycles. The van der Waals surface area contributed by atoms with E-state index in [1.807, 2.05) is 0 Å². The average Bonchev–Trinajstić information content (AvgIpc) is 2.83. The van der Waals surface area contributed by atoms with Gasteiger partial charge in [0, 0.05) is 23.7 Å². The monoisotopic (exact) mass is 617 g/mol. The fraction of sp³-hybridized carbons (Fsp3) is 0.200. The van der Waals surface area contributed by atoms with E-state index < -0.39 is 52.1 Å². The van der Waals surface area contributed by atoms with E-state index in [2.05, 4.69) is 4.98 Å². The van der Waals surface area contributed by atoms with Gasteiger partial charge in [-0.25, -0.2) is 9.37 Å². The zero-order valence-electron chi connectivity index (χ0n) is 18.7. The van der Waals surface area contributed by atoms with Gasteiger partial charge in [-0.2, -0.15) is 26.3 Å². The highest BCUT2D eigenvalue weighted by molar-refractivity contribution is 6.48. The number of nitrogens with zero attached hydrogens (tertiary/aromatic N) is 1. The molecular formula is C25H14Cl4F7NO. The van der Waals surface area contributed by atoms with Crippen LogP contribution in [0.1, 0.15) is 45.0 Å². The summed E-state index contributed by atoms with van der Waals surface area (Å²) in [7, 11) is 0. The summed E-state index contributed by atoms with van der Waals surface area (Å²) in [4.78, 5) is 16.4. The number of alkyl halides is 6. The minimum absolute atomic E-state index is 0.0514. The first kappa shape index (κ1) is 30.2. The zero-order valence-corrected chi connectivity index (χ0v) is 21.7. The minimum atomic E-state index is -5.09. The lowest BCUT2D eigenvalue weighted by molar-refractivity contribution is -0.140. The van der Waals surface area contributed by atoms with Gasteiger partial charge in [0.25, 0.3) is 0 Å². The molecule has 0 spiro atoms. The van der Waals surface area contributed by atoms with Crippen LogP contribution in [0.3, 0.4) is 0 Å². The van der Waals surface area contributed by atoms with Gasteiger partial charge in [-0.1, -0.05) is 64.6 Å². The Morgan fingerprint density at radius 2 is 1.55 bits per heavy atom. The van der Waals surface area contributed by atoms with Crippen molar-refractivity contribution in [2.75, 3.05) is 0 Å². The molecular weight excluding hydrogens is 605 g/mol. The molecule has 0 aliphatic heterocycles. The maximum atomic E-state index is 15.0. The van der Waals surface area contributed by atoms with Gasteiger partial charge < -0.3 is 0 Å². The molecule has 0 radical (unpaired) electrons. The first-order valence-electron chi connectivity index (χ1n) is 10.5. The number of pyridine rings is 1. The van der Waals surface area contributed by atoms with Crippen LogP contribution in [0, 0.1) is 0 Å². The summed E-state index contributed by atoms with van der Waals surface area (Å²) >= 11 is 23.0. The van der Waals surface area contributed by atoms with Crippen molar-refractivity contribution < 1.29 is 35.5 Å². The Balaban J connectivity index is 1.97. The van der Waals surface area contributed by atoms with Crippen molar-refractivity contribution in [3.63, 3.8) is 0 Å². The fourth-order valence-corrected chi connectivity index (χ4v) is 4.22. The second-order valence-electron chi connectivity index (χ2n) is 8.00. The molecule has 13 heteroatoms. The molecule has 1 heterocycles. The maximum absolute atomic E-state index is 15.0. The molecule has 3 rings (SSSR count). The molecule has 1 atom stereocenters. The van der Waals surface area contributed by atoms with Gasteiger partial charge in [-0.3, -0.25) is 4.79 Å². The van der Waals surface area contributed by atoms with Crippen molar-refractivity contribution in [3.8, 4) is 0 Å². The van der Waals surface area contributed by atoms with Crippen LogP contribution in [0.4, 0.5) is 30.7 Å². The summed E-state index contributed by atoms with van der Waals surface area (Å²) in [5.41, 5.74) is -3.08. The number of Topliss-reactive ketones (excluding diaryl/α,β-unsaturated/α-hetero) is 1. The number of carbonyl (C=O) groups is 1. The van der Waals surface area contributed by atoms with Crippen LogP contribution < -0.4 is 0 Å². The highest BCUT2D eigenvalue weighted by atomic mass is 35.5. The van der Waals surface area contributed by atoms with Crippen molar-refractivity contribution in [2.24, 2.45) is 0 Å². The van der Waals surface area contributed by atoms with E-state index in [1.54, 1.807) is 6.07 Å². The smallest absolute Gasteiger partial charge is 0.294 e. The molecule has 0 amide bonds. The third-order valence-corrected chi connectivity index (χ3v) is 6.78. The number of rotatable bonds is 7. The molecule has 1 aromatic heterocycles. The van der Waals surface area contributed by atoms with Gasteiger partial charge in [0.05, 0.1) is 20.6 Å². The zero-order chi connectivity index (χ0) is 28.4. The molecule has 0 N–H and O–H groups in total. The highest BCUT2D eigenvalue weighted by Gasteiger charge is 2.41. The molecule has 0 aliphatic carbocycles. The molecule has 0 fully saturated rings. The number of aromatic nitrogens is 1. The van der Waals surface area contributed by atoms with E-state index in [0.29, 0.717) is 5.56 Å². The Hall–Kier alpha value is -2.33.